The van der Waals surface area contributed by atoms with Gasteiger partial charge in [0.2, 0.25) is 5.91 Å². The normalized spacial score (nSPS) is 15.4. The zero-order valence-electron chi connectivity index (χ0n) is 11.5. The number of nitrogens with one attached hydrogen (secondary N) is 1. The smallest absolute Gasteiger partial charge is 0.272 e. The van der Waals surface area contributed by atoms with Gasteiger partial charge in [-0.25, -0.2) is 4.98 Å². The Morgan fingerprint density at radius 3 is 2.86 bits per heavy atom. The summed E-state index contributed by atoms with van der Waals surface area (Å²) in [7, 11) is 0. The van der Waals surface area contributed by atoms with Crippen molar-refractivity contribution in [3.63, 3.8) is 0 Å². The molecule has 0 atom stereocenters. The highest BCUT2D eigenvalue weighted by Gasteiger charge is 2.23. The Kier molecular flexibility index (Phi) is 3.68. The first-order valence-electron chi connectivity index (χ1n) is 6.89. The summed E-state index contributed by atoms with van der Waals surface area (Å²) in [5.74, 6) is -0.292. The quantitative estimate of drug-likeness (QED) is 0.888. The average Bonchev–Trinajstić information content (AvgIpc) is 2.90. The van der Waals surface area contributed by atoms with Gasteiger partial charge < -0.3 is 10.2 Å². The Labute approximate surface area is 122 Å². The largest absolute Gasteiger partial charge is 0.354 e. The van der Waals surface area contributed by atoms with Crippen LogP contribution in [0.25, 0.3) is 5.69 Å². The minimum absolute atomic E-state index is 0.0960. The molecule has 2 amide bonds. The van der Waals surface area contributed by atoms with Gasteiger partial charge in [-0.2, -0.15) is 0 Å². The number of carbonyl (C=O) groups excluding carboxylic acids is 2. The van der Waals surface area contributed by atoms with Crippen LogP contribution in [0.4, 0.5) is 0 Å². The number of amides is 2. The second-order valence-corrected chi connectivity index (χ2v) is 4.91. The van der Waals surface area contributed by atoms with E-state index in [1.807, 2.05) is 30.3 Å². The molecule has 6 nitrogen and oxygen atoms in total. The Balaban J connectivity index is 1.89. The number of carbonyl (C=O) groups is 2. The van der Waals surface area contributed by atoms with Gasteiger partial charge in [0.15, 0.2) is 0 Å². The van der Waals surface area contributed by atoms with Crippen LogP contribution in [0.5, 0.6) is 0 Å². The van der Waals surface area contributed by atoms with Crippen molar-refractivity contribution in [3.8, 4) is 5.69 Å². The van der Waals surface area contributed by atoms with Crippen LogP contribution < -0.4 is 5.32 Å². The van der Waals surface area contributed by atoms with E-state index in [-0.39, 0.29) is 18.4 Å². The van der Waals surface area contributed by atoms with E-state index in [1.54, 1.807) is 15.8 Å². The first-order chi connectivity index (χ1) is 10.3. The van der Waals surface area contributed by atoms with Crippen molar-refractivity contribution in [2.75, 3.05) is 19.6 Å². The molecule has 1 aromatic carbocycles. The maximum atomic E-state index is 12.6. The molecule has 1 aliphatic heterocycles. The summed E-state index contributed by atoms with van der Waals surface area (Å²) in [4.78, 5) is 29.9. The van der Waals surface area contributed by atoms with Gasteiger partial charge in [-0.05, 0) is 18.6 Å². The standard InChI is InChI=1S/C15H16N4O2/c20-14-10-18(8-4-7-17-14)15(21)13-9-16-11-19(13)12-5-2-1-3-6-12/h1-3,5-6,9,11H,4,7-8,10H2,(H,17,20). The maximum absolute atomic E-state index is 12.6. The minimum Gasteiger partial charge on any atom is -0.354 e. The van der Waals surface area contributed by atoms with Gasteiger partial charge in [0.1, 0.15) is 5.69 Å². The Morgan fingerprint density at radius 2 is 2.05 bits per heavy atom. The van der Waals surface area contributed by atoms with Crippen LogP contribution in [-0.2, 0) is 4.79 Å². The van der Waals surface area contributed by atoms with Gasteiger partial charge in [0, 0.05) is 18.8 Å². The SMILES string of the molecule is O=C1CN(C(=O)c2cncn2-c2ccccc2)CCCN1. The summed E-state index contributed by atoms with van der Waals surface area (Å²) in [6, 6.07) is 9.55. The summed E-state index contributed by atoms with van der Waals surface area (Å²) < 4.78 is 1.74. The van der Waals surface area contributed by atoms with Gasteiger partial charge in [-0.1, -0.05) is 18.2 Å². The van der Waals surface area contributed by atoms with Crippen molar-refractivity contribution in [2.24, 2.45) is 0 Å². The maximum Gasteiger partial charge on any atom is 0.272 e. The van der Waals surface area contributed by atoms with Crippen molar-refractivity contribution in [3.05, 3.63) is 48.5 Å². The number of hydrogen-bond donors (Lipinski definition) is 1. The molecule has 0 radical (unpaired) electrons. The molecular formula is C15H16N4O2. The van der Waals surface area contributed by atoms with Crippen LogP contribution >= 0.6 is 0 Å². The number of imidazole rings is 1. The van der Waals surface area contributed by atoms with Crippen molar-refractivity contribution >= 4 is 11.8 Å². The molecule has 0 bridgehead atoms. The van der Waals surface area contributed by atoms with Gasteiger partial charge in [0.05, 0.1) is 19.1 Å². The van der Waals surface area contributed by atoms with E-state index >= 15 is 0 Å². The van der Waals surface area contributed by atoms with Gasteiger partial charge >= 0.3 is 0 Å². The Hall–Kier alpha value is -2.63. The van der Waals surface area contributed by atoms with Crippen LogP contribution in [0.15, 0.2) is 42.9 Å². The van der Waals surface area contributed by atoms with E-state index in [0.717, 1.165) is 12.1 Å². The fourth-order valence-corrected chi connectivity index (χ4v) is 2.39. The number of nitrogens with zero attached hydrogens (tertiary/aromatic N) is 3. The third-order valence-electron chi connectivity index (χ3n) is 3.44. The summed E-state index contributed by atoms with van der Waals surface area (Å²) in [5, 5.41) is 2.77. The highest BCUT2D eigenvalue weighted by Crippen LogP contribution is 2.13. The number of benzene rings is 1. The molecule has 6 heteroatoms. The summed E-state index contributed by atoms with van der Waals surface area (Å²) >= 11 is 0. The molecule has 1 fully saturated rings. The van der Waals surface area contributed by atoms with Gasteiger partial charge in [-0.15, -0.1) is 0 Å². The second-order valence-electron chi connectivity index (χ2n) is 4.91. The molecule has 0 aliphatic carbocycles. The van der Waals surface area contributed by atoms with Crippen molar-refractivity contribution in [2.45, 2.75) is 6.42 Å². The fraction of sp³-hybridized carbons (Fsp3) is 0.267. The summed E-state index contributed by atoms with van der Waals surface area (Å²) in [6.07, 6.45) is 3.91. The Morgan fingerprint density at radius 1 is 1.24 bits per heavy atom. The summed E-state index contributed by atoms with van der Waals surface area (Å²) in [6.45, 7) is 1.27. The van der Waals surface area contributed by atoms with E-state index in [4.69, 9.17) is 0 Å². The average molecular weight is 284 g/mol. The lowest BCUT2D eigenvalue weighted by molar-refractivity contribution is -0.121. The molecule has 3 rings (SSSR count). The molecule has 1 N–H and O–H groups in total. The molecule has 0 spiro atoms. The lowest BCUT2D eigenvalue weighted by Gasteiger charge is -2.19. The zero-order chi connectivity index (χ0) is 14.7. The van der Waals surface area contributed by atoms with E-state index in [2.05, 4.69) is 10.3 Å². The lowest BCUT2D eigenvalue weighted by Crippen LogP contribution is -2.38. The Bertz CT molecular complexity index is 651. The number of rotatable bonds is 2. The minimum atomic E-state index is -0.173. The predicted molar refractivity (Wildman–Crippen MR) is 77.1 cm³/mol. The molecule has 2 heterocycles. The van der Waals surface area contributed by atoms with Crippen molar-refractivity contribution < 1.29 is 9.59 Å². The topological polar surface area (TPSA) is 67.2 Å². The highest BCUT2D eigenvalue weighted by atomic mass is 16.2. The first kappa shape index (κ1) is 13.4. The van der Waals surface area contributed by atoms with Crippen LogP contribution in [0, 0.1) is 0 Å². The molecular weight excluding hydrogens is 268 g/mol. The molecule has 0 saturated carbocycles. The number of hydrogen-bond acceptors (Lipinski definition) is 3. The van der Waals surface area contributed by atoms with Crippen molar-refractivity contribution in [1.29, 1.82) is 0 Å². The van der Waals surface area contributed by atoms with E-state index in [9.17, 15) is 9.59 Å². The molecule has 108 valence electrons. The predicted octanol–water partition coefficient (Wildman–Crippen LogP) is 0.834. The van der Waals surface area contributed by atoms with Gasteiger partial charge in [-0.3, -0.25) is 14.2 Å². The van der Waals surface area contributed by atoms with E-state index < -0.39 is 0 Å². The van der Waals surface area contributed by atoms with E-state index in [1.165, 1.54) is 6.20 Å². The molecule has 0 unspecified atom stereocenters. The number of para-hydroxylation sites is 1. The summed E-state index contributed by atoms with van der Waals surface area (Å²) in [5.41, 5.74) is 1.34. The third kappa shape index (κ3) is 2.79. The molecule has 21 heavy (non-hydrogen) atoms. The highest BCUT2D eigenvalue weighted by molar-refractivity contribution is 5.95. The van der Waals surface area contributed by atoms with Crippen LogP contribution in [0.1, 0.15) is 16.9 Å². The third-order valence-corrected chi connectivity index (χ3v) is 3.44. The first-order valence-corrected chi connectivity index (χ1v) is 6.89. The molecule has 1 saturated heterocycles. The van der Waals surface area contributed by atoms with Crippen LogP contribution in [-0.4, -0.2) is 45.9 Å². The van der Waals surface area contributed by atoms with Gasteiger partial charge in [0.25, 0.3) is 5.91 Å². The fourth-order valence-electron chi connectivity index (χ4n) is 2.39. The molecule has 1 aliphatic rings. The second kappa shape index (κ2) is 5.78. The van der Waals surface area contributed by atoms with Crippen LogP contribution in [0.2, 0.25) is 0 Å². The zero-order valence-corrected chi connectivity index (χ0v) is 11.5. The van der Waals surface area contributed by atoms with E-state index in [0.29, 0.717) is 18.8 Å². The van der Waals surface area contributed by atoms with Crippen LogP contribution in [0.3, 0.4) is 0 Å². The number of aromatic nitrogens is 2. The molecule has 2 aromatic rings. The monoisotopic (exact) mass is 284 g/mol. The van der Waals surface area contributed by atoms with Crippen molar-refractivity contribution in [1.82, 2.24) is 19.8 Å². The lowest BCUT2D eigenvalue weighted by atomic mass is 10.3. The molecule has 1 aromatic heterocycles.